The van der Waals surface area contributed by atoms with E-state index < -0.39 is 13.0 Å². The van der Waals surface area contributed by atoms with E-state index >= 15 is 0 Å². The first-order valence-corrected chi connectivity index (χ1v) is 7.44. The van der Waals surface area contributed by atoms with Crippen LogP contribution in [0.15, 0.2) is 0 Å². The second-order valence-electron chi connectivity index (χ2n) is 4.48. The minimum atomic E-state index is -2.44. The van der Waals surface area contributed by atoms with Crippen molar-refractivity contribution in [2.24, 2.45) is 0 Å². The third kappa shape index (κ3) is 3.73. The standard InChI is InChI=1S/C13H17F2NO3S/c1-2-19-13(17)8-3-4-9-12(8)16-11(20-9)5-6-18-7-10(14)15/h8,10H,2-7H2,1H3. The van der Waals surface area contributed by atoms with Crippen molar-refractivity contribution in [2.75, 3.05) is 19.8 Å². The minimum Gasteiger partial charge on any atom is -0.465 e. The number of hydrogen-bond acceptors (Lipinski definition) is 5. The number of esters is 1. The highest BCUT2D eigenvalue weighted by Crippen LogP contribution is 2.37. The lowest BCUT2D eigenvalue weighted by Crippen LogP contribution is -2.14. The molecule has 0 spiro atoms. The van der Waals surface area contributed by atoms with Gasteiger partial charge in [-0.15, -0.1) is 11.3 Å². The first-order valence-electron chi connectivity index (χ1n) is 6.62. The minimum absolute atomic E-state index is 0.223. The molecule has 0 saturated heterocycles. The van der Waals surface area contributed by atoms with Gasteiger partial charge in [-0.2, -0.15) is 0 Å². The molecule has 0 radical (unpaired) electrons. The summed E-state index contributed by atoms with van der Waals surface area (Å²) < 4.78 is 33.7. The van der Waals surface area contributed by atoms with Crippen molar-refractivity contribution in [3.05, 3.63) is 15.6 Å². The van der Waals surface area contributed by atoms with Crippen LogP contribution in [0, 0.1) is 0 Å². The zero-order valence-corrected chi connectivity index (χ0v) is 12.0. The number of carbonyl (C=O) groups excluding carboxylic acids is 1. The van der Waals surface area contributed by atoms with E-state index in [-0.39, 0.29) is 18.5 Å². The summed E-state index contributed by atoms with van der Waals surface area (Å²) in [4.78, 5) is 17.3. The number of alkyl halides is 2. The summed E-state index contributed by atoms with van der Waals surface area (Å²) in [6.07, 6.45) is -0.367. The van der Waals surface area contributed by atoms with Gasteiger partial charge in [-0.1, -0.05) is 0 Å². The van der Waals surface area contributed by atoms with Gasteiger partial charge in [0.1, 0.15) is 12.5 Å². The van der Waals surface area contributed by atoms with Crippen LogP contribution in [0.25, 0.3) is 0 Å². The van der Waals surface area contributed by atoms with E-state index in [9.17, 15) is 13.6 Å². The van der Waals surface area contributed by atoms with Crippen molar-refractivity contribution in [1.82, 2.24) is 4.98 Å². The van der Waals surface area contributed by atoms with Crippen LogP contribution in [0.3, 0.4) is 0 Å². The number of carbonyl (C=O) groups is 1. The number of aromatic nitrogens is 1. The lowest BCUT2D eigenvalue weighted by atomic mass is 10.1. The van der Waals surface area contributed by atoms with E-state index in [0.717, 1.165) is 28.4 Å². The van der Waals surface area contributed by atoms with Crippen LogP contribution in [0.4, 0.5) is 8.78 Å². The molecule has 0 aromatic carbocycles. The number of rotatable bonds is 7. The van der Waals surface area contributed by atoms with Gasteiger partial charge in [0, 0.05) is 11.3 Å². The summed E-state index contributed by atoms with van der Waals surface area (Å²) in [6, 6.07) is 0. The fraction of sp³-hybridized carbons (Fsp3) is 0.692. The van der Waals surface area contributed by atoms with Gasteiger partial charge in [0.15, 0.2) is 0 Å². The number of ether oxygens (including phenoxy) is 2. The molecule has 1 aliphatic rings. The van der Waals surface area contributed by atoms with Crippen LogP contribution >= 0.6 is 11.3 Å². The molecule has 0 bridgehead atoms. The molecule has 0 fully saturated rings. The summed E-state index contributed by atoms with van der Waals surface area (Å²) in [5, 5.41) is 0.832. The van der Waals surface area contributed by atoms with Crippen molar-refractivity contribution in [3.8, 4) is 0 Å². The van der Waals surface area contributed by atoms with Gasteiger partial charge in [-0.05, 0) is 19.8 Å². The summed E-state index contributed by atoms with van der Waals surface area (Å²) in [5.74, 6) is -0.492. The van der Waals surface area contributed by atoms with E-state index in [2.05, 4.69) is 4.98 Å². The molecule has 1 heterocycles. The van der Waals surface area contributed by atoms with Crippen molar-refractivity contribution in [1.29, 1.82) is 0 Å². The number of fused-ring (bicyclic) bond motifs is 1. The Hall–Kier alpha value is -1.08. The van der Waals surface area contributed by atoms with Crippen LogP contribution in [0.1, 0.15) is 34.8 Å². The quantitative estimate of drug-likeness (QED) is 0.574. The monoisotopic (exact) mass is 305 g/mol. The molecule has 1 unspecified atom stereocenters. The average Bonchev–Trinajstić information content (AvgIpc) is 2.94. The Morgan fingerprint density at radius 2 is 2.35 bits per heavy atom. The van der Waals surface area contributed by atoms with E-state index in [1.165, 1.54) is 11.3 Å². The Kier molecular flexibility index (Phi) is 5.42. The zero-order valence-electron chi connectivity index (χ0n) is 11.2. The van der Waals surface area contributed by atoms with E-state index in [1.807, 2.05) is 0 Å². The van der Waals surface area contributed by atoms with Crippen molar-refractivity contribution >= 4 is 17.3 Å². The van der Waals surface area contributed by atoms with Crippen LogP contribution in [0.5, 0.6) is 0 Å². The molecule has 1 aromatic heterocycles. The molecule has 1 atom stereocenters. The topological polar surface area (TPSA) is 48.4 Å². The van der Waals surface area contributed by atoms with Crippen molar-refractivity contribution in [2.45, 2.75) is 38.5 Å². The maximum Gasteiger partial charge on any atom is 0.315 e. The Bertz CT molecular complexity index is 464. The lowest BCUT2D eigenvalue weighted by Gasteiger charge is -2.07. The van der Waals surface area contributed by atoms with Crippen LogP contribution in [-0.4, -0.2) is 37.2 Å². The number of aryl methyl sites for hydroxylation is 1. The number of hydrogen-bond donors (Lipinski definition) is 0. The van der Waals surface area contributed by atoms with Gasteiger partial charge in [0.25, 0.3) is 6.43 Å². The molecule has 0 saturated carbocycles. The highest BCUT2D eigenvalue weighted by atomic mass is 32.1. The third-order valence-corrected chi connectivity index (χ3v) is 4.23. The maximum atomic E-state index is 11.9. The van der Waals surface area contributed by atoms with E-state index in [4.69, 9.17) is 9.47 Å². The molecule has 4 nitrogen and oxygen atoms in total. The smallest absolute Gasteiger partial charge is 0.315 e. The molecule has 0 amide bonds. The molecule has 0 N–H and O–H groups in total. The Labute approximate surface area is 120 Å². The molecular weight excluding hydrogens is 288 g/mol. The molecule has 1 aliphatic carbocycles. The fourth-order valence-corrected chi connectivity index (χ4v) is 3.31. The number of nitrogens with zero attached hydrogens (tertiary/aromatic N) is 1. The van der Waals surface area contributed by atoms with Crippen molar-refractivity contribution < 1.29 is 23.0 Å². The number of thiazole rings is 1. The average molecular weight is 305 g/mol. The van der Waals surface area contributed by atoms with Gasteiger partial charge in [-0.3, -0.25) is 4.79 Å². The maximum absolute atomic E-state index is 11.9. The fourth-order valence-electron chi connectivity index (χ4n) is 2.19. The Morgan fingerprint density at radius 3 is 3.05 bits per heavy atom. The molecule has 1 aromatic rings. The van der Waals surface area contributed by atoms with Gasteiger partial charge in [0.2, 0.25) is 0 Å². The summed E-state index contributed by atoms with van der Waals surface area (Å²) >= 11 is 1.53. The predicted octanol–water partition coefficient (Wildman–Crippen LogP) is 2.56. The first-order chi connectivity index (χ1) is 9.61. The lowest BCUT2D eigenvalue weighted by molar-refractivity contribution is -0.145. The van der Waals surface area contributed by atoms with Crippen LogP contribution in [0.2, 0.25) is 0 Å². The summed E-state index contributed by atoms with van der Waals surface area (Å²) in [6.45, 7) is 1.82. The number of halogens is 2. The molecule has 0 aliphatic heterocycles. The van der Waals surface area contributed by atoms with Gasteiger partial charge in [-0.25, -0.2) is 13.8 Å². The second kappa shape index (κ2) is 7.08. The summed E-state index contributed by atoms with van der Waals surface area (Å²) in [5.41, 5.74) is 0.803. The van der Waals surface area contributed by atoms with Crippen LogP contribution in [-0.2, 0) is 27.1 Å². The largest absolute Gasteiger partial charge is 0.465 e. The highest BCUT2D eigenvalue weighted by molar-refractivity contribution is 7.11. The van der Waals surface area contributed by atoms with E-state index in [1.54, 1.807) is 6.92 Å². The Morgan fingerprint density at radius 1 is 1.55 bits per heavy atom. The Balaban J connectivity index is 1.89. The van der Waals surface area contributed by atoms with Gasteiger partial charge >= 0.3 is 5.97 Å². The third-order valence-electron chi connectivity index (χ3n) is 3.04. The molecule has 2 rings (SSSR count). The van der Waals surface area contributed by atoms with Gasteiger partial charge in [0.05, 0.1) is 23.9 Å². The first kappa shape index (κ1) is 15.3. The van der Waals surface area contributed by atoms with Gasteiger partial charge < -0.3 is 9.47 Å². The van der Waals surface area contributed by atoms with Crippen molar-refractivity contribution in [3.63, 3.8) is 0 Å². The highest BCUT2D eigenvalue weighted by Gasteiger charge is 2.33. The molecule has 112 valence electrons. The molecule has 20 heavy (non-hydrogen) atoms. The van der Waals surface area contributed by atoms with Crippen LogP contribution < -0.4 is 0 Å². The SMILES string of the molecule is CCOC(=O)C1CCc2sc(CCOCC(F)F)nc21. The molecule has 7 heteroatoms. The second-order valence-corrected chi connectivity index (χ2v) is 5.64. The van der Waals surface area contributed by atoms with E-state index in [0.29, 0.717) is 13.0 Å². The summed E-state index contributed by atoms with van der Waals surface area (Å²) in [7, 11) is 0. The predicted molar refractivity (Wildman–Crippen MR) is 70.3 cm³/mol. The zero-order chi connectivity index (χ0) is 14.5. The normalized spacial score (nSPS) is 17.5. The molecular formula is C13H17F2NO3S.